The molecule has 1 N–H and O–H groups in total. The van der Waals surface area contributed by atoms with E-state index in [-0.39, 0.29) is 0 Å². The van der Waals surface area contributed by atoms with Crippen molar-refractivity contribution in [3.05, 3.63) is 81.3 Å². The van der Waals surface area contributed by atoms with E-state index in [2.05, 4.69) is 6.07 Å². The highest BCUT2D eigenvalue weighted by atomic mass is 35.5. The fraction of sp³-hybridized carbons (Fsp3) is 0.111. The third kappa shape index (κ3) is 2.65. The van der Waals surface area contributed by atoms with Crippen LogP contribution in [0.3, 0.4) is 0 Å². The smallest absolute Gasteiger partial charge is 0.105 e. The van der Waals surface area contributed by atoms with Crippen LogP contribution in [-0.2, 0) is 0 Å². The first-order valence-corrected chi connectivity index (χ1v) is 7.45. The number of benzene rings is 3. The predicted octanol–water partition coefficient (Wildman–Crippen LogP) is 5.54. The Balaban J connectivity index is 2.19. The van der Waals surface area contributed by atoms with Crippen LogP contribution in [0.4, 0.5) is 0 Å². The monoisotopic (exact) mass is 316 g/mol. The lowest BCUT2D eigenvalue weighted by atomic mass is 9.92. The van der Waals surface area contributed by atoms with Crippen LogP contribution in [0.5, 0.6) is 0 Å². The molecule has 0 unspecified atom stereocenters. The number of hydrogen-bond acceptors (Lipinski definition) is 1. The van der Waals surface area contributed by atoms with Gasteiger partial charge in [0, 0.05) is 0 Å². The number of aliphatic hydroxyl groups excluding tert-OH is 1. The van der Waals surface area contributed by atoms with E-state index in [1.807, 2.05) is 37.3 Å². The van der Waals surface area contributed by atoms with E-state index in [0.29, 0.717) is 10.0 Å². The fourth-order valence-corrected chi connectivity index (χ4v) is 2.92. The van der Waals surface area contributed by atoms with Crippen molar-refractivity contribution in [1.29, 1.82) is 0 Å². The van der Waals surface area contributed by atoms with E-state index < -0.39 is 6.10 Å². The zero-order valence-electron chi connectivity index (χ0n) is 11.5. The summed E-state index contributed by atoms with van der Waals surface area (Å²) in [6.07, 6.45) is -0.731. The fourth-order valence-electron chi connectivity index (χ4n) is 2.62. The lowest BCUT2D eigenvalue weighted by Gasteiger charge is -2.17. The molecule has 0 aromatic heterocycles. The average Bonchev–Trinajstić information content (AvgIpc) is 2.49. The third-order valence-electron chi connectivity index (χ3n) is 3.72. The summed E-state index contributed by atoms with van der Waals surface area (Å²) in [5.41, 5.74) is 2.70. The first-order chi connectivity index (χ1) is 10.1. The molecule has 0 bridgehead atoms. The van der Waals surface area contributed by atoms with E-state index in [4.69, 9.17) is 23.2 Å². The average molecular weight is 317 g/mol. The highest BCUT2D eigenvalue weighted by Crippen LogP contribution is 2.34. The normalized spacial score (nSPS) is 12.6. The molecular weight excluding hydrogens is 303 g/mol. The molecule has 0 heterocycles. The van der Waals surface area contributed by atoms with Gasteiger partial charge in [0.15, 0.2) is 0 Å². The largest absolute Gasteiger partial charge is 0.384 e. The number of halogens is 2. The Bertz CT molecular complexity index is 811. The third-order valence-corrected chi connectivity index (χ3v) is 4.46. The van der Waals surface area contributed by atoms with Crippen molar-refractivity contribution in [2.45, 2.75) is 13.0 Å². The van der Waals surface area contributed by atoms with Gasteiger partial charge in [0.1, 0.15) is 6.10 Å². The van der Waals surface area contributed by atoms with Gasteiger partial charge in [-0.05, 0) is 46.5 Å². The van der Waals surface area contributed by atoms with Gasteiger partial charge in [-0.1, -0.05) is 65.7 Å². The SMILES string of the molecule is Cc1ccc2ccccc2c1[C@H](O)c1ccc(Cl)c(Cl)c1. The molecule has 0 saturated carbocycles. The Morgan fingerprint density at radius 2 is 1.67 bits per heavy atom. The van der Waals surface area contributed by atoms with Crippen molar-refractivity contribution < 1.29 is 5.11 Å². The lowest BCUT2D eigenvalue weighted by Crippen LogP contribution is -2.03. The summed E-state index contributed by atoms with van der Waals surface area (Å²) in [7, 11) is 0. The van der Waals surface area contributed by atoms with Crippen molar-refractivity contribution >= 4 is 34.0 Å². The van der Waals surface area contributed by atoms with E-state index in [1.165, 1.54) is 0 Å². The summed E-state index contributed by atoms with van der Waals surface area (Å²) in [5.74, 6) is 0. The second-order valence-corrected chi connectivity index (χ2v) is 5.91. The summed E-state index contributed by atoms with van der Waals surface area (Å²) in [4.78, 5) is 0. The molecular formula is C18H14Cl2O. The Labute approximate surface area is 133 Å². The van der Waals surface area contributed by atoms with Gasteiger partial charge >= 0.3 is 0 Å². The molecule has 0 aliphatic rings. The summed E-state index contributed by atoms with van der Waals surface area (Å²) in [6, 6.07) is 17.4. The van der Waals surface area contributed by atoms with Crippen LogP contribution in [-0.4, -0.2) is 5.11 Å². The zero-order chi connectivity index (χ0) is 15.0. The molecule has 3 aromatic rings. The maximum absolute atomic E-state index is 10.8. The number of aryl methyl sites for hydroxylation is 1. The van der Waals surface area contributed by atoms with Gasteiger partial charge in [-0.25, -0.2) is 0 Å². The second-order valence-electron chi connectivity index (χ2n) is 5.09. The van der Waals surface area contributed by atoms with Crippen molar-refractivity contribution in [2.24, 2.45) is 0 Å². The van der Waals surface area contributed by atoms with Gasteiger partial charge in [0.05, 0.1) is 10.0 Å². The predicted molar refractivity (Wildman–Crippen MR) is 89.2 cm³/mol. The Kier molecular flexibility index (Phi) is 3.90. The maximum Gasteiger partial charge on any atom is 0.105 e. The van der Waals surface area contributed by atoms with Gasteiger partial charge in [-0.3, -0.25) is 0 Å². The molecule has 0 fully saturated rings. The highest BCUT2D eigenvalue weighted by Gasteiger charge is 2.17. The van der Waals surface area contributed by atoms with Crippen molar-refractivity contribution in [3.63, 3.8) is 0 Å². The minimum Gasteiger partial charge on any atom is -0.384 e. The van der Waals surface area contributed by atoms with E-state index in [1.54, 1.807) is 18.2 Å². The topological polar surface area (TPSA) is 20.2 Å². The molecule has 0 saturated heterocycles. The van der Waals surface area contributed by atoms with Crippen LogP contribution in [0.2, 0.25) is 10.0 Å². The first-order valence-electron chi connectivity index (χ1n) is 6.69. The molecule has 3 heteroatoms. The highest BCUT2D eigenvalue weighted by molar-refractivity contribution is 6.42. The molecule has 21 heavy (non-hydrogen) atoms. The van der Waals surface area contributed by atoms with Crippen LogP contribution < -0.4 is 0 Å². The first kappa shape index (κ1) is 14.4. The number of rotatable bonds is 2. The van der Waals surface area contributed by atoms with Gasteiger partial charge in [-0.15, -0.1) is 0 Å². The molecule has 0 radical (unpaired) electrons. The van der Waals surface area contributed by atoms with Crippen LogP contribution >= 0.6 is 23.2 Å². The molecule has 106 valence electrons. The molecule has 0 aliphatic heterocycles. The summed E-state index contributed by atoms with van der Waals surface area (Å²) in [6.45, 7) is 2.00. The van der Waals surface area contributed by atoms with E-state index >= 15 is 0 Å². The zero-order valence-corrected chi connectivity index (χ0v) is 13.0. The minimum absolute atomic E-state index is 0.450. The Hall–Kier alpha value is -1.54. The number of fused-ring (bicyclic) bond motifs is 1. The van der Waals surface area contributed by atoms with Crippen molar-refractivity contribution in [1.82, 2.24) is 0 Å². The Morgan fingerprint density at radius 1 is 0.905 bits per heavy atom. The lowest BCUT2D eigenvalue weighted by molar-refractivity contribution is 0.221. The maximum atomic E-state index is 10.8. The molecule has 3 rings (SSSR count). The van der Waals surface area contributed by atoms with Gasteiger partial charge in [-0.2, -0.15) is 0 Å². The van der Waals surface area contributed by atoms with Crippen LogP contribution in [0.25, 0.3) is 10.8 Å². The van der Waals surface area contributed by atoms with Crippen molar-refractivity contribution in [2.75, 3.05) is 0 Å². The molecule has 3 aromatic carbocycles. The van der Waals surface area contributed by atoms with Gasteiger partial charge in [0.2, 0.25) is 0 Å². The standard InChI is InChI=1S/C18H14Cl2O/c1-11-6-7-12-4-2-3-5-14(12)17(11)18(21)13-8-9-15(19)16(20)10-13/h2-10,18,21H,1H3/t18-/m1/s1. The van der Waals surface area contributed by atoms with Crippen LogP contribution in [0.15, 0.2) is 54.6 Å². The number of hydrogen-bond donors (Lipinski definition) is 1. The van der Waals surface area contributed by atoms with Gasteiger partial charge < -0.3 is 5.11 Å². The number of aliphatic hydroxyl groups is 1. The second kappa shape index (κ2) is 5.69. The molecule has 0 aliphatic carbocycles. The minimum atomic E-state index is -0.731. The van der Waals surface area contributed by atoms with Crippen LogP contribution in [0.1, 0.15) is 22.8 Å². The Morgan fingerprint density at radius 3 is 2.43 bits per heavy atom. The molecule has 1 nitrogen and oxygen atoms in total. The van der Waals surface area contributed by atoms with E-state index in [0.717, 1.165) is 27.5 Å². The summed E-state index contributed by atoms with van der Waals surface area (Å²) < 4.78 is 0. The van der Waals surface area contributed by atoms with Crippen molar-refractivity contribution in [3.8, 4) is 0 Å². The summed E-state index contributed by atoms with van der Waals surface area (Å²) >= 11 is 12.0. The summed E-state index contributed by atoms with van der Waals surface area (Å²) in [5, 5.41) is 13.9. The van der Waals surface area contributed by atoms with E-state index in [9.17, 15) is 5.11 Å². The molecule has 0 spiro atoms. The molecule has 0 amide bonds. The van der Waals surface area contributed by atoms with Crippen LogP contribution in [0, 0.1) is 6.92 Å². The molecule has 1 atom stereocenters. The van der Waals surface area contributed by atoms with Gasteiger partial charge in [0.25, 0.3) is 0 Å². The quantitative estimate of drug-likeness (QED) is 0.658.